The van der Waals surface area contributed by atoms with Gasteiger partial charge in [-0.15, -0.1) is 0 Å². The molecule has 3 aromatic rings. The lowest BCUT2D eigenvalue weighted by Gasteiger charge is -2.19. The average molecular weight is 352 g/mol. The van der Waals surface area contributed by atoms with Crippen LogP contribution in [0.15, 0.2) is 84.9 Å². The first-order valence-electron chi connectivity index (χ1n) is 8.20. The zero-order chi connectivity index (χ0) is 17.5. The molecule has 0 fully saturated rings. The first kappa shape index (κ1) is 17.6. The molecule has 3 aromatic carbocycles. The topological polar surface area (TPSA) is 49.7 Å². The van der Waals surface area contributed by atoms with E-state index >= 15 is 0 Å². The lowest BCUT2D eigenvalue weighted by Crippen LogP contribution is -2.22. The van der Waals surface area contributed by atoms with Gasteiger partial charge in [0.05, 0.1) is 6.61 Å². The lowest BCUT2D eigenvalue weighted by atomic mass is 10.3. The van der Waals surface area contributed by atoms with Crippen molar-refractivity contribution in [3.8, 4) is 5.75 Å². The molecule has 1 atom stereocenters. The van der Waals surface area contributed by atoms with E-state index < -0.39 is 14.0 Å². The SMILES string of the molecule is OCC(O)COc1ccc(P(c2ccccc2)c2ccccc2)cc1. The highest BCUT2D eigenvalue weighted by Gasteiger charge is 2.16. The van der Waals surface area contributed by atoms with E-state index in [4.69, 9.17) is 9.84 Å². The minimum Gasteiger partial charge on any atom is -0.491 e. The molecule has 4 heteroatoms. The fraction of sp³-hybridized carbons (Fsp3) is 0.143. The van der Waals surface area contributed by atoms with Crippen LogP contribution in [0.4, 0.5) is 0 Å². The van der Waals surface area contributed by atoms with Crippen molar-refractivity contribution in [1.82, 2.24) is 0 Å². The van der Waals surface area contributed by atoms with E-state index in [1.807, 2.05) is 24.3 Å². The Morgan fingerprint density at radius 2 is 1.20 bits per heavy atom. The van der Waals surface area contributed by atoms with E-state index in [-0.39, 0.29) is 13.2 Å². The van der Waals surface area contributed by atoms with Gasteiger partial charge in [0.15, 0.2) is 0 Å². The first-order valence-corrected chi connectivity index (χ1v) is 9.54. The van der Waals surface area contributed by atoms with Gasteiger partial charge < -0.3 is 14.9 Å². The maximum Gasteiger partial charge on any atom is 0.119 e. The Morgan fingerprint density at radius 3 is 1.68 bits per heavy atom. The van der Waals surface area contributed by atoms with E-state index in [1.54, 1.807) is 0 Å². The molecule has 0 radical (unpaired) electrons. The second-order valence-electron chi connectivity index (χ2n) is 5.65. The highest BCUT2D eigenvalue weighted by Crippen LogP contribution is 2.33. The number of rotatable bonds is 7. The Morgan fingerprint density at radius 1 is 0.720 bits per heavy atom. The van der Waals surface area contributed by atoms with Crippen LogP contribution in [-0.2, 0) is 0 Å². The summed E-state index contributed by atoms with van der Waals surface area (Å²) >= 11 is 0. The fourth-order valence-electron chi connectivity index (χ4n) is 2.54. The summed E-state index contributed by atoms with van der Waals surface area (Å²) in [4.78, 5) is 0. The van der Waals surface area contributed by atoms with E-state index in [1.165, 1.54) is 15.9 Å². The van der Waals surface area contributed by atoms with Gasteiger partial charge in [-0.25, -0.2) is 0 Å². The molecule has 0 aliphatic heterocycles. The Labute approximate surface area is 149 Å². The van der Waals surface area contributed by atoms with Gasteiger partial charge in [-0.2, -0.15) is 0 Å². The van der Waals surface area contributed by atoms with Crippen molar-refractivity contribution in [2.75, 3.05) is 13.2 Å². The third kappa shape index (κ3) is 4.67. The highest BCUT2D eigenvalue weighted by atomic mass is 31.1. The van der Waals surface area contributed by atoms with Crippen molar-refractivity contribution in [3.63, 3.8) is 0 Å². The third-order valence-corrected chi connectivity index (χ3v) is 6.22. The van der Waals surface area contributed by atoms with Gasteiger partial charge in [0.25, 0.3) is 0 Å². The van der Waals surface area contributed by atoms with Crippen LogP contribution in [0.25, 0.3) is 0 Å². The van der Waals surface area contributed by atoms with Crippen molar-refractivity contribution in [2.24, 2.45) is 0 Å². The van der Waals surface area contributed by atoms with Gasteiger partial charge in [0, 0.05) is 0 Å². The monoisotopic (exact) mass is 352 g/mol. The molecule has 0 aliphatic carbocycles. The van der Waals surface area contributed by atoms with Crippen LogP contribution in [0.3, 0.4) is 0 Å². The quantitative estimate of drug-likeness (QED) is 0.641. The van der Waals surface area contributed by atoms with Crippen LogP contribution >= 0.6 is 7.92 Å². The Balaban J connectivity index is 1.87. The Hall–Kier alpha value is -2.19. The zero-order valence-corrected chi connectivity index (χ0v) is 14.7. The molecule has 0 amide bonds. The summed E-state index contributed by atoms with van der Waals surface area (Å²) in [6, 6.07) is 29.0. The van der Waals surface area contributed by atoms with Crippen molar-refractivity contribution in [1.29, 1.82) is 0 Å². The van der Waals surface area contributed by atoms with Crippen LogP contribution in [0, 0.1) is 0 Å². The molecule has 25 heavy (non-hydrogen) atoms. The maximum atomic E-state index is 9.39. The van der Waals surface area contributed by atoms with Crippen molar-refractivity contribution in [2.45, 2.75) is 6.10 Å². The van der Waals surface area contributed by atoms with E-state index in [0.29, 0.717) is 5.75 Å². The summed E-state index contributed by atoms with van der Waals surface area (Å²) in [5.41, 5.74) is 0. The van der Waals surface area contributed by atoms with Crippen molar-refractivity contribution < 1.29 is 14.9 Å². The molecule has 0 bridgehead atoms. The minimum absolute atomic E-state index is 0.0853. The first-order chi connectivity index (χ1) is 12.3. The lowest BCUT2D eigenvalue weighted by molar-refractivity contribution is 0.0536. The van der Waals surface area contributed by atoms with Crippen molar-refractivity contribution >= 4 is 23.8 Å². The number of hydrogen-bond donors (Lipinski definition) is 2. The Kier molecular flexibility index (Phi) is 6.19. The molecular formula is C21H21O3P. The van der Waals surface area contributed by atoms with Gasteiger partial charge in [0.2, 0.25) is 0 Å². The van der Waals surface area contributed by atoms with Gasteiger partial charge in [-0.05, 0) is 36.0 Å². The summed E-state index contributed by atoms with van der Waals surface area (Å²) in [5.74, 6) is 0.687. The number of ether oxygens (including phenoxy) is 1. The van der Waals surface area contributed by atoms with Crippen LogP contribution in [0.5, 0.6) is 5.75 Å². The number of aliphatic hydroxyl groups excluding tert-OH is 2. The van der Waals surface area contributed by atoms with Gasteiger partial charge in [0.1, 0.15) is 18.5 Å². The van der Waals surface area contributed by atoms with Crippen LogP contribution < -0.4 is 20.7 Å². The summed E-state index contributed by atoms with van der Waals surface area (Å²) in [5, 5.41) is 22.1. The predicted molar refractivity (Wildman–Crippen MR) is 104 cm³/mol. The van der Waals surface area contributed by atoms with Gasteiger partial charge >= 0.3 is 0 Å². The van der Waals surface area contributed by atoms with E-state index in [9.17, 15) is 5.11 Å². The summed E-state index contributed by atoms with van der Waals surface area (Å²) in [6.07, 6.45) is -0.856. The second kappa shape index (κ2) is 8.77. The maximum absolute atomic E-state index is 9.39. The molecule has 128 valence electrons. The number of benzene rings is 3. The molecule has 3 rings (SSSR count). The summed E-state index contributed by atoms with van der Waals surface area (Å²) < 4.78 is 5.50. The molecule has 0 aliphatic rings. The fourth-order valence-corrected chi connectivity index (χ4v) is 4.82. The van der Waals surface area contributed by atoms with E-state index in [2.05, 4.69) is 60.7 Å². The largest absolute Gasteiger partial charge is 0.491 e. The van der Waals surface area contributed by atoms with E-state index in [0.717, 1.165) is 0 Å². The molecule has 2 N–H and O–H groups in total. The second-order valence-corrected chi connectivity index (χ2v) is 7.87. The summed E-state index contributed by atoms with van der Waals surface area (Å²) in [6.45, 7) is -0.215. The zero-order valence-electron chi connectivity index (χ0n) is 13.8. The van der Waals surface area contributed by atoms with Gasteiger partial charge in [-0.1, -0.05) is 72.8 Å². The molecule has 0 saturated heterocycles. The minimum atomic E-state index is -0.856. The standard InChI is InChI=1S/C21H21O3P/c22-15-17(23)16-24-18-11-13-21(14-12-18)25(19-7-3-1-4-8-19)20-9-5-2-6-10-20/h1-14,17,22-23H,15-16H2. The highest BCUT2D eigenvalue weighted by molar-refractivity contribution is 7.79. The number of aliphatic hydroxyl groups is 2. The Bertz CT molecular complexity index is 721. The predicted octanol–water partition coefficient (Wildman–Crippen LogP) is 2.18. The molecule has 0 saturated carbocycles. The van der Waals surface area contributed by atoms with Crippen LogP contribution in [-0.4, -0.2) is 29.5 Å². The molecule has 0 aromatic heterocycles. The molecule has 1 unspecified atom stereocenters. The molecule has 3 nitrogen and oxygen atoms in total. The molecule has 0 heterocycles. The van der Waals surface area contributed by atoms with Crippen molar-refractivity contribution in [3.05, 3.63) is 84.9 Å². The van der Waals surface area contributed by atoms with Crippen LogP contribution in [0.1, 0.15) is 0 Å². The smallest absolute Gasteiger partial charge is 0.119 e. The normalized spacial score (nSPS) is 12.1. The van der Waals surface area contributed by atoms with Crippen LogP contribution in [0.2, 0.25) is 0 Å². The molecule has 0 spiro atoms. The summed E-state index contributed by atoms with van der Waals surface area (Å²) in [7, 11) is -0.628. The third-order valence-electron chi connectivity index (χ3n) is 3.78. The van der Waals surface area contributed by atoms with Gasteiger partial charge in [-0.3, -0.25) is 0 Å². The average Bonchev–Trinajstić information content (AvgIpc) is 2.69. The molecular weight excluding hydrogens is 331 g/mol. The number of hydrogen-bond acceptors (Lipinski definition) is 3.